The van der Waals surface area contributed by atoms with Gasteiger partial charge in [-0.2, -0.15) is 5.10 Å². The van der Waals surface area contributed by atoms with Gasteiger partial charge in [0.05, 0.1) is 24.8 Å². The first-order valence-corrected chi connectivity index (χ1v) is 10.3. The van der Waals surface area contributed by atoms with Crippen molar-refractivity contribution in [3.63, 3.8) is 0 Å². The number of hydrogen-bond donors (Lipinski definition) is 0. The van der Waals surface area contributed by atoms with E-state index in [-0.39, 0.29) is 11.6 Å². The minimum Gasteiger partial charge on any atom is -0.443 e. The van der Waals surface area contributed by atoms with E-state index in [1.807, 2.05) is 30.3 Å². The van der Waals surface area contributed by atoms with Gasteiger partial charge in [-0.25, -0.2) is 4.98 Å². The van der Waals surface area contributed by atoms with E-state index < -0.39 is 0 Å². The highest BCUT2D eigenvalue weighted by molar-refractivity contribution is 6.31. The monoisotopic (exact) mass is 429 g/mol. The number of oxazole rings is 1. The number of ether oxygens (including phenoxy) is 1. The lowest BCUT2D eigenvalue weighted by Crippen LogP contribution is -2.43. The number of benzene rings is 1. The maximum Gasteiger partial charge on any atom is 0.276 e. The average Bonchev–Trinajstić information content (AvgIpc) is 3.38. The summed E-state index contributed by atoms with van der Waals surface area (Å²) in [6.07, 6.45) is 3.04. The van der Waals surface area contributed by atoms with Gasteiger partial charge >= 0.3 is 0 Å². The van der Waals surface area contributed by atoms with Crippen molar-refractivity contribution in [2.75, 3.05) is 39.4 Å². The SMILES string of the molecule is Cn1cc(Cl)c(CN(CCN2CCOCC2)C(=O)c2ncoc2-c2ccccc2)n1. The second kappa shape index (κ2) is 9.42. The normalized spacial score (nSPS) is 14.7. The first-order valence-electron chi connectivity index (χ1n) is 9.88. The van der Waals surface area contributed by atoms with Crippen molar-refractivity contribution in [3.8, 4) is 11.3 Å². The molecular weight excluding hydrogens is 406 g/mol. The van der Waals surface area contributed by atoms with Gasteiger partial charge < -0.3 is 14.1 Å². The van der Waals surface area contributed by atoms with Gasteiger partial charge in [-0.1, -0.05) is 41.9 Å². The van der Waals surface area contributed by atoms with Crippen LogP contribution >= 0.6 is 11.6 Å². The summed E-state index contributed by atoms with van der Waals surface area (Å²) < 4.78 is 12.6. The maximum atomic E-state index is 13.5. The molecule has 0 unspecified atom stereocenters. The molecule has 1 aliphatic rings. The van der Waals surface area contributed by atoms with Crippen LogP contribution in [0.4, 0.5) is 0 Å². The van der Waals surface area contributed by atoms with Gasteiger partial charge in [-0.15, -0.1) is 0 Å². The van der Waals surface area contributed by atoms with E-state index in [0.717, 1.165) is 25.2 Å². The Morgan fingerprint density at radius 3 is 2.70 bits per heavy atom. The maximum absolute atomic E-state index is 13.5. The number of halogens is 1. The molecule has 30 heavy (non-hydrogen) atoms. The molecule has 0 spiro atoms. The fraction of sp³-hybridized carbons (Fsp3) is 0.381. The zero-order valence-electron chi connectivity index (χ0n) is 16.8. The van der Waals surface area contributed by atoms with Crippen LogP contribution in [0.3, 0.4) is 0 Å². The third-order valence-corrected chi connectivity index (χ3v) is 5.39. The zero-order chi connectivity index (χ0) is 20.9. The summed E-state index contributed by atoms with van der Waals surface area (Å²) in [5.41, 5.74) is 1.75. The highest BCUT2D eigenvalue weighted by Crippen LogP contribution is 2.25. The molecule has 1 amide bonds. The van der Waals surface area contributed by atoms with Crippen LogP contribution in [0.25, 0.3) is 11.3 Å². The van der Waals surface area contributed by atoms with Crippen LogP contribution in [-0.4, -0.2) is 69.9 Å². The fourth-order valence-electron chi connectivity index (χ4n) is 3.48. The molecule has 3 aromatic rings. The van der Waals surface area contributed by atoms with E-state index in [0.29, 0.717) is 42.8 Å². The van der Waals surface area contributed by atoms with Crippen LogP contribution in [0, 0.1) is 0 Å². The lowest BCUT2D eigenvalue weighted by molar-refractivity contribution is 0.0319. The summed E-state index contributed by atoms with van der Waals surface area (Å²) >= 11 is 6.31. The summed E-state index contributed by atoms with van der Waals surface area (Å²) in [5.74, 6) is 0.252. The summed E-state index contributed by atoms with van der Waals surface area (Å²) in [7, 11) is 1.81. The molecule has 1 aromatic carbocycles. The molecule has 8 nitrogen and oxygen atoms in total. The van der Waals surface area contributed by atoms with Crippen LogP contribution < -0.4 is 0 Å². The Labute approximate surface area is 180 Å². The molecule has 0 atom stereocenters. The molecule has 0 N–H and O–H groups in total. The molecule has 1 aliphatic heterocycles. The quantitative estimate of drug-likeness (QED) is 0.574. The number of nitrogens with zero attached hydrogens (tertiary/aromatic N) is 5. The average molecular weight is 430 g/mol. The largest absolute Gasteiger partial charge is 0.443 e. The Kier molecular flexibility index (Phi) is 6.47. The molecule has 3 heterocycles. The van der Waals surface area contributed by atoms with E-state index in [2.05, 4.69) is 15.0 Å². The molecule has 2 aromatic heterocycles. The molecule has 1 fully saturated rings. The summed E-state index contributed by atoms with van der Waals surface area (Å²) in [4.78, 5) is 21.7. The van der Waals surface area contributed by atoms with Gasteiger partial charge in [-0.3, -0.25) is 14.4 Å². The van der Waals surface area contributed by atoms with E-state index >= 15 is 0 Å². The van der Waals surface area contributed by atoms with Crippen molar-refractivity contribution < 1.29 is 13.9 Å². The van der Waals surface area contributed by atoms with Crippen molar-refractivity contribution >= 4 is 17.5 Å². The topological polar surface area (TPSA) is 76.6 Å². The first-order chi connectivity index (χ1) is 14.6. The third kappa shape index (κ3) is 4.72. The fourth-order valence-corrected chi connectivity index (χ4v) is 3.71. The predicted octanol–water partition coefficient (Wildman–Crippen LogP) is 2.70. The third-order valence-electron chi connectivity index (χ3n) is 5.08. The zero-order valence-corrected chi connectivity index (χ0v) is 17.6. The Morgan fingerprint density at radius 2 is 2.00 bits per heavy atom. The van der Waals surface area contributed by atoms with Gasteiger partial charge in [0.1, 0.15) is 5.69 Å². The second-order valence-electron chi connectivity index (χ2n) is 7.17. The smallest absolute Gasteiger partial charge is 0.276 e. The van der Waals surface area contributed by atoms with Crippen LogP contribution in [0.1, 0.15) is 16.2 Å². The number of aryl methyl sites for hydroxylation is 1. The van der Waals surface area contributed by atoms with Crippen molar-refractivity contribution in [3.05, 3.63) is 59.3 Å². The van der Waals surface area contributed by atoms with Crippen molar-refractivity contribution in [1.29, 1.82) is 0 Å². The van der Waals surface area contributed by atoms with E-state index in [4.69, 9.17) is 20.8 Å². The Hall–Kier alpha value is -2.68. The Morgan fingerprint density at radius 1 is 1.23 bits per heavy atom. The highest BCUT2D eigenvalue weighted by atomic mass is 35.5. The molecule has 0 radical (unpaired) electrons. The minimum atomic E-state index is -0.211. The van der Waals surface area contributed by atoms with Crippen LogP contribution in [-0.2, 0) is 18.3 Å². The highest BCUT2D eigenvalue weighted by Gasteiger charge is 2.26. The van der Waals surface area contributed by atoms with Crippen LogP contribution in [0.15, 0.2) is 47.3 Å². The minimum absolute atomic E-state index is 0.211. The Balaban J connectivity index is 1.57. The van der Waals surface area contributed by atoms with Gasteiger partial charge in [0.2, 0.25) is 0 Å². The lowest BCUT2D eigenvalue weighted by atomic mass is 10.1. The van der Waals surface area contributed by atoms with E-state index in [1.165, 1.54) is 6.39 Å². The number of morpholine rings is 1. The molecule has 0 bridgehead atoms. The Bertz CT molecular complexity index is 982. The summed E-state index contributed by atoms with van der Waals surface area (Å²) in [5, 5.41) is 4.93. The van der Waals surface area contributed by atoms with Crippen LogP contribution in [0.2, 0.25) is 5.02 Å². The standard InChI is InChI=1S/C21H24ClN5O3/c1-25-13-17(22)18(24-25)14-27(8-7-26-9-11-29-12-10-26)21(28)19-20(30-15-23-19)16-5-3-2-4-6-16/h2-6,13,15H,7-12,14H2,1H3. The van der Waals surface area contributed by atoms with E-state index in [1.54, 1.807) is 22.8 Å². The number of aromatic nitrogens is 3. The molecule has 158 valence electrons. The van der Waals surface area contributed by atoms with Crippen molar-refractivity contribution in [1.82, 2.24) is 24.6 Å². The number of carbonyl (C=O) groups excluding carboxylic acids is 1. The van der Waals surface area contributed by atoms with Crippen molar-refractivity contribution in [2.24, 2.45) is 7.05 Å². The van der Waals surface area contributed by atoms with Crippen molar-refractivity contribution in [2.45, 2.75) is 6.54 Å². The van der Waals surface area contributed by atoms with Crippen LogP contribution in [0.5, 0.6) is 0 Å². The molecular formula is C21H24ClN5O3. The van der Waals surface area contributed by atoms with Gasteiger partial charge in [0.15, 0.2) is 17.8 Å². The summed E-state index contributed by atoms with van der Waals surface area (Å²) in [6.45, 7) is 4.68. The number of hydrogen-bond acceptors (Lipinski definition) is 6. The summed E-state index contributed by atoms with van der Waals surface area (Å²) in [6, 6.07) is 9.50. The molecule has 0 saturated carbocycles. The lowest BCUT2D eigenvalue weighted by Gasteiger charge is -2.29. The van der Waals surface area contributed by atoms with Gasteiger partial charge in [-0.05, 0) is 0 Å². The molecule has 0 aliphatic carbocycles. The first kappa shape index (κ1) is 20.6. The number of carbonyl (C=O) groups is 1. The van der Waals surface area contributed by atoms with Gasteiger partial charge in [0, 0.05) is 45.0 Å². The molecule has 1 saturated heterocycles. The second-order valence-corrected chi connectivity index (χ2v) is 7.58. The molecule has 4 rings (SSSR count). The van der Waals surface area contributed by atoms with E-state index in [9.17, 15) is 4.79 Å². The molecule has 9 heteroatoms. The number of amides is 1. The van der Waals surface area contributed by atoms with Gasteiger partial charge in [0.25, 0.3) is 5.91 Å². The number of rotatable bonds is 7. The predicted molar refractivity (Wildman–Crippen MR) is 112 cm³/mol.